The molecule has 1 fully saturated rings. The summed E-state index contributed by atoms with van der Waals surface area (Å²) in [5, 5.41) is 17.4. The van der Waals surface area contributed by atoms with Crippen LogP contribution in [-0.4, -0.2) is 31.9 Å². The number of aromatic nitrogens is 3. The average molecular weight is 566 g/mol. The van der Waals surface area contributed by atoms with E-state index in [9.17, 15) is 32.7 Å². The number of fused-ring (bicyclic) bond motifs is 1. The van der Waals surface area contributed by atoms with Crippen molar-refractivity contribution in [2.45, 2.75) is 39.1 Å². The lowest BCUT2D eigenvalue weighted by Crippen LogP contribution is -2.34. The van der Waals surface area contributed by atoms with E-state index in [4.69, 9.17) is 4.74 Å². The number of hydrogen-bond acceptors (Lipinski definition) is 6. The van der Waals surface area contributed by atoms with Gasteiger partial charge in [-0.15, -0.1) is 5.10 Å². The molecule has 0 bridgehead atoms. The number of alkyl halides is 3. The van der Waals surface area contributed by atoms with Gasteiger partial charge in [-0.3, -0.25) is 14.4 Å². The second kappa shape index (κ2) is 11.1. The quantitative estimate of drug-likeness (QED) is 0.288. The summed E-state index contributed by atoms with van der Waals surface area (Å²) in [5.41, 5.74) is 0.655. The van der Waals surface area contributed by atoms with Gasteiger partial charge in [0.15, 0.2) is 5.78 Å². The van der Waals surface area contributed by atoms with Gasteiger partial charge in [0.2, 0.25) is 0 Å². The highest BCUT2D eigenvalue weighted by molar-refractivity contribution is 6.00. The Balaban J connectivity index is 1.31. The molecule has 0 amide bonds. The number of aliphatic carboxylic acids is 1. The summed E-state index contributed by atoms with van der Waals surface area (Å²) in [6, 6.07) is 17.0. The summed E-state index contributed by atoms with van der Waals surface area (Å²) in [6.07, 6.45) is -4.05. The van der Waals surface area contributed by atoms with Crippen LogP contribution in [0.5, 0.6) is 5.75 Å². The molecule has 5 rings (SSSR count). The van der Waals surface area contributed by atoms with Gasteiger partial charge in [0, 0.05) is 11.5 Å². The fourth-order valence-electron chi connectivity index (χ4n) is 5.45. The molecule has 41 heavy (non-hydrogen) atoms. The number of carbonyl (C=O) groups excluding carboxylic acids is 1. The van der Waals surface area contributed by atoms with Crippen LogP contribution < -0.4 is 10.3 Å². The standard InChI is InChI=1S/C30H26F3N3O5/c1-17-3-2-4-18(13-17)16-41-22-9-5-19(6-10-22)27(37)23-11-7-20(26(23)29(39)40)15-36-28(38)24-14-21(30(31,32)33)8-12-25(24)34-35-36/h2-6,8-10,12-14,20,23,26H,7,11,15-16H2,1H3,(H,39,40). The number of aryl methyl sites for hydroxylation is 1. The Morgan fingerprint density at radius 2 is 1.80 bits per heavy atom. The van der Waals surface area contributed by atoms with Crippen molar-refractivity contribution in [1.82, 2.24) is 15.0 Å². The molecule has 1 aromatic heterocycles. The monoisotopic (exact) mass is 565 g/mol. The normalized spacial score (nSPS) is 18.9. The third-order valence-corrected chi connectivity index (χ3v) is 7.50. The van der Waals surface area contributed by atoms with Gasteiger partial charge in [-0.2, -0.15) is 13.2 Å². The smallest absolute Gasteiger partial charge is 0.416 e. The number of hydrogen-bond donors (Lipinski definition) is 1. The number of nitrogens with zero attached hydrogens (tertiary/aromatic N) is 3. The fraction of sp³-hybridized carbons (Fsp3) is 0.300. The molecule has 11 heteroatoms. The van der Waals surface area contributed by atoms with Crippen molar-refractivity contribution in [3.05, 3.63) is 99.3 Å². The van der Waals surface area contributed by atoms with Crippen molar-refractivity contribution in [3.63, 3.8) is 0 Å². The fourth-order valence-corrected chi connectivity index (χ4v) is 5.45. The number of carbonyl (C=O) groups is 2. The molecular weight excluding hydrogens is 539 g/mol. The lowest BCUT2D eigenvalue weighted by molar-refractivity contribution is -0.144. The lowest BCUT2D eigenvalue weighted by atomic mass is 9.84. The van der Waals surface area contributed by atoms with Crippen LogP contribution in [0.3, 0.4) is 0 Å². The van der Waals surface area contributed by atoms with Crippen molar-refractivity contribution in [2.75, 3.05) is 0 Å². The lowest BCUT2D eigenvalue weighted by Gasteiger charge is -2.20. The first-order chi connectivity index (χ1) is 19.5. The predicted octanol–water partition coefficient (Wildman–Crippen LogP) is 5.31. The van der Waals surface area contributed by atoms with Gasteiger partial charge < -0.3 is 9.84 Å². The van der Waals surface area contributed by atoms with Crippen molar-refractivity contribution in [1.29, 1.82) is 0 Å². The number of carboxylic acid groups (broad SMARTS) is 1. The van der Waals surface area contributed by atoms with E-state index in [-0.39, 0.29) is 29.7 Å². The van der Waals surface area contributed by atoms with Crippen molar-refractivity contribution < 1.29 is 32.6 Å². The summed E-state index contributed by atoms with van der Waals surface area (Å²) in [6.45, 7) is 2.15. The van der Waals surface area contributed by atoms with Crippen LogP contribution >= 0.6 is 0 Å². The predicted molar refractivity (Wildman–Crippen MR) is 142 cm³/mol. The number of halogens is 3. The summed E-state index contributed by atoms with van der Waals surface area (Å²) in [4.78, 5) is 38.6. The van der Waals surface area contributed by atoms with Crippen LogP contribution in [-0.2, 0) is 24.1 Å². The highest BCUT2D eigenvalue weighted by Crippen LogP contribution is 2.40. The van der Waals surface area contributed by atoms with E-state index >= 15 is 0 Å². The first kappa shape index (κ1) is 28.0. The van der Waals surface area contributed by atoms with Crippen LogP contribution in [0.4, 0.5) is 13.2 Å². The number of benzene rings is 3. The maximum absolute atomic E-state index is 13.4. The second-order valence-electron chi connectivity index (χ2n) is 10.3. The van der Waals surface area contributed by atoms with Gasteiger partial charge in [-0.05, 0) is 73.7 Å². The number of rotatable bonds is 8. The van der Waals surface area contributed by atoms with E-state index in [1.807, 2.05) is 31.2 Å². The number of ketones is 1. The van der Waals surface area contributed by atoms with Crippen LogP contribution in [0.2, 0.25) is 0 Å². The average Bonchev–Trinajstić information content (AvgIpc) is 3.36. The van der Waals surface area contributed by atoms with Gasteiger partial charge in [-0.25, -0.2) is 4.68 Å². The summed E-state index contributed by atoms with van der Waals surface area (Å²) in [7, 11) is 0. The van der Waals surface area contributed by atoms with Crippen molar-refractivity contribution in [2.24, 2.45) is 17.8 Å². The minimum Gasteiger partial charge on any atom is -0.489 e. The molecule has 8 nitrogen and oxygen atoms in total. The molecular formula is C30H26F3N3O5. The molecule has 0 radical (unpaired) electrons. The van der Waals surface area contributed by atoms with Gasteiger partial charge in [0.1, 0.15) is 17.9 Å². The van der Waals surface area contributed by atoms with Crippen LogP contribution in [0.1, 0.15) is 39.9 Å². The molecule has 4 aromatic rings. The Morgan fingerprint density at radius 1 is 1.05 bits per heavy atom. The number of Topliss-reactive ketones (excluding diaryl/α,β-unsaturated/α-hetero) is 1. The van der Waals surface area contributed by atoms with Crippen LogP contribution in [0.25, 0.3) is 10.9 Å². The summed E-state index contributed by atoms with van der Waals surface area (Å²) < 4.78 is 46.2. The zero-order valence-corrected chi connectivity index (χ0v) is 22.0. The van der Waals surface area contributed by atoms with Gasteiger partial charge in [0.25, 0.3) is 5.56 Å². The molecule has 3 atom stereocenters. The minimum absolute atomic E-state index is 0.000167. The zero-order valence-electron chi connectivity index (χ0n) is 22.0. The third-order valence-electron chi connectivity index (χ3n) is 7.50. The topological polar surface area (TPSA) is 111 Å². The van der Waals surface area contributed by atoms with E-state index in [1.165, 1.54) is 0 Å². The first-order valence-electron chi connectivity index (χ1n) is 13.0. The molecule has 1 aliphatic rings. The highest BCUT2D eigenvalue weighted by Gasteiger charge is 2.45. The Morgan fingerprint density at radius 3 is 2.49 bits per heavy atom. The molecule has 3 aromatic carbocycles. The van der Waals surface area contributed by atoms with Crippen molar-refractivity contribution >= 4 is 22.7 Å². The molecule has 1 aliphatic carbocycles. The Labute approximate surface area is 232 Å². The van der Waals surface area contributed by atoms with Gasteiger partial charge >= 0.3 is 12.1 Å². The van der Waals surface area contributed by atoms with Crippen molar-refractivity contribution in [3.8, 4) is 5.75 Å². The largest absolute Gasteiger partial charge is 0.489 e. The molecule has 1 heterocycles. The molecule has 212 valence electrons. The van der Waals surface area contributed by atoms with E-state index in [0.717, 1.165) is 27.9 Å². The highest BCUT2D eigenvalue weighted by atomic mass is 19.4. The maximum Gasteiger partial charge on any atom is 0.416 e. The van der Waals surface area contributed by atoms with Gasteiger partial charge in [-0.1, -0.05) is 35.0 Å². The van der Waals surface area contributed by atoms with E-state index in [1.54, 1.807) is 24.3 Å². The van der Waals surface area contributed by atoms with E-state index in [2.05, 4.69) is 10.3 Å². The van der Waals surface area contributed by atoms with Crippen LogP contribution in [0.15, 0.2) is 71.5 Å². The SMILES string of the molecule is Cc1cccc(COc2ccc(C(=O)C3CCC(Cn4nnc5ccc(C(F)(F)F)cc5c4=O)C3C(=O)O)cc2)c1. The molecule has 0 aliphatic heterocycles. The molecule has 1 N–H and O–H groups in total. The zero-order chi connectivity index (χ0) is 29.3. The molecule has 0 saturated heterocycles. The first-order valence-corrected chi connectivity index (χ1v) is 13.0. The second-order valence-corrected chi connectivity index (χ2v) is 10.3. The molecule has 1 saturated carbocycles. The van der Waals surface area contributed by atoms with Gasteiger partial charge in [0.05, 0.1) is 23.4 Å². The summed E-state index contributed by atoms with van der Waals surface area (Å²) >= 11 is 0. The summed E-state index contributed by atoms with van der Waals surface area (Å²) in [5.74, 6) is -3.55. The Kier molecular flexibility index (Phi) is 7.61. The Bertz CT molecular complexity index is 1670. The van der Waals surface area contributed by atoms with Crippen LogP contribution in [0, 0.1) is 24.7 Å². The third kappa shape index (κ3) is 5.98. The molecule has 3 unspecified atom stereocenters. The number of ether oxygens (including phenoxy) is 1. The minimum atomic E-state index is -4.65. The maximum atomic E-state index is 13.4. The van der Waals surface area contributed by atoms with E-state index < -0.39 is 41.0 Å². The van der Waals surface area contributed by atoms with E-state index in [0.29, 0.717) is 30.4 Å². The Hall–Kier alpha value is -4.54. The number of carboxylic acids is 1. The molecule has 0 spiro atoms.